The normalized spacial score (nSPS) is 11.3. The number of anilines is 1. The average molecular weight is 216 g/mol. The number of aryl methyl sites for hydroxylation is 1. The van der Waals surface area contributed by atoms with E-state index >= 15 is 0 Å². The first-order valence-electron chi connectivity index (χ1n) is 4.01. The summed E-state index contributed by atoms with van der Waals surface area (Å²) in [5, 5.41) is 7.66. The lowest BCUT2D eigenvalue weighted by atomic mass is 10.5. The minimum atomic E-state index is -3.41. The molecule has 0 saturated heterocycles. The number of sulfonamides is 1. The second kappa shape index (κ2) is 4.34. The molecule has 0 aliphatic rings. The number of nitrogens with zero attached hydrogens (tertiary/aromatic N) is 2. The highest BCUT2D eigenvalue weighted by Crippen LogP contribution is 1.99. The van der Waals surface area contributed by atoms with Crippen molar-refractivity contribution in [2.75, 3.05) is 17.6 Å². The predicted molar refractivity (Wildman–Crippen MR) is 53.2 cm³/mol. The van der Waals surface area contributed by atoms with Crippen molar-refractivity contribution in [1.82, 2.24) is 9.97 Å². The van der Waals surface area contributed by atoms with Gasteiger partial charge in [0.1, 0.15) is 11.6 Å². The molecule has 0 unspecified atom stereocenters. The Labute approximate surface area is 82.6 Å². The van der Waals surface area contributed by atoms with Gasteiger partial charge in [0.05, 0.1) is 5.75 Å². The Bertz CT molecular complexity index is 404. The molecule has 0 fully saturated rings. The van der Waals surface area contributed by atoms with Crippen LogP contribution in [0.3, 0.4) is 0 Å². The lowest BCUT2D eigenvalue weighted by molar-refractivity contribution is 0.598. The number of primary sulfonamides is 1. The molecule has 0 amide bonds. The molecule has 1 aromatic rings. The highest BCUT2D eigenvalue weighted by molar-refractivity contribution is 7.89. The van der Waals surface area contributed by atoms with Crippen LogP contribution in [0.15, 0.2) is 12.3 Å². The number of hydrogen-bond donors (Lipinski definition) is 2. The standard InChI is InChI=1S/C7H12N4O2S/c1-6-9-3-2-7(11-6)10-4-5-14(8,12)13/h2-3H,4-5H2,1H3,(H2,8,12,13)(H,9,10,11). The van der Waals surface area contributed by atoms with Crippen LogP contribution in [0, 0.1) is 6.92 Å². The van der Waals surface area contributed by atoms with Gasteiger partial charge in [-0.3, -0.25) is 0 Å². The third-order valence-electron chi connectivity index (χ3n) is 1.47. The molecule has 1 aromatic heterocycles. The SMILES string of the molecule is Cc1nccc(NCCS(N)(=O)=O)n1. The molecule has 0 aliphatic heterocycles. The zero-order valence-corrected chi connectivity index (χ0v) is 8.58. The summed E-state index contributed by atoms with van der Waals surface area (Å²) in [5.41, 5.74) is 0. The van der Waals surface area contributed by atoms with E-state index in [-0.39, 0.29) is 12.3 Å². The number of nitrogens with two attached hydrogens (primary N) is 1. The van der Waals surface area contributed by atoms with Crippen molar-refractivity contribution in [3.8, 4) is 0 Å². The van der Waals surface area contributed by atoms with E-state index in [0.717, 1.165) is 0 Å². The van der Waals surface area contributed by atoms with E-state index in [9.17, 15) is 8.42 Å². The summed E-state index contributed by atoms with van der Waals surface area (Å²) in [6.07, 6.45) is 1.60. The Morgan fingerprint density at radius 1 is 1.57 bits per heavy atom. The van der Waals surface area contributed by atoms with Crippen LogP contribution in [-0.4, -0.2) is 30.7 Å². The number of aromatic nitrogens is 2. The Balaban J connectivity index is 2.47. The second-order valence-corrected chi connectivity index (χ2v) is 4.52. The molecule has 0 radical (unpaired) electrons. The lowest BCUT2D eigenvalue weighted by Gasteiger charge is -2.03. The molecule has 7 heteroatoms. The summed E-state index contributed by atoms with van der Waals surface area (Å²) >= 11 is 0. The van der Waals surface area contributed by atoms with Crippen LogP contribution in [0.25, 0.3) is 0 Å². The van der Waals surface area contributed by atoms with E-state index in [1.165, 1.54) is 0 Å². The van der Waals surface area contributed by atoms with Gasteiger partial charge >= 0.3 is 0 Å². The molecule has 0 aromatic carbocycles. The zero-order chi connectivity index (χ0) is 10.6. The van der Waals surface area contributed by atoms with Gasteiger partial charge in [-0.15, -0.1) is 0 Å². The smallest absolute Gasteiger partial charge is 0.210 e. The monoisotopic (exact) mass is 216 g/mol. The molecule has 0 atom stereocenters. The van der Waals surface area contributed by atoms with Crippen molar-refractivity contribution < 1.29 is 8.42 Å². The van der Waals surface area contributed by atoms with Gasteiger partial charge in [-0.05, 0) is 13.0 Å². The van der Waals surface area contributed by atoms with Crippen molar-refractivity contribution in [2.24, 2.45) is 5.14 Å². The average Bonchev–Trinajstić information content (AvgIpc) is 2.01. The summed E-state index contributed by atoms with van der Waals surface area (Å²) in [6, 6.07) is 1.66. The first kappa shape index (κ1) is 10.9. The summed E-state index contributed by atoms with van der Waals surface area (Å²) in [5.74, 6) is 1.11. The van der Waals surface area contributed by atoms with Gasteiger partial charge in [-0.2, -0.15) is 0 Å². The number of hydrogen-bond acceptors (Lipinski definition) is 5. The minimum Gasteiger partial charge on any atom is -0.369 e. The quantitative estimate of drug-likeness (QED) is 0.706. The Morgan fingerprint density at radius 3 is 2.86 bits per heavy atom. The van der Waals surface area contributed by atoms with Gasteiger partial charge in [0.25, 0.3) is 0 Å². The van der Waals surface area contributed by atoms with Crippen LogP contribution >= 0.6 is 0 Å². The number of nitrogens with one attached hydrogen (secondary N) is 1. The fourth-order valence-corrected chi connectivity index (χ4v) is 1.26. The maximum Gasteiger partial charge on any atom is 0.210 e. The summed E-state index contributed by atoms with van der Waals surface area (Å²) in [4.78, 5) is 7.94. The summed E-state index contributed by atoms with van der Waals surface area (Å²) in [7, 11) is -3.41. The van der Waals surface area contributed by atoms with Gasteiger partial charge in [0.2, 0.25) is 10.0 Å². The predicted octanol–water partition coefficient (Wildman–Crippen LogP) is -0.515. The Morgan fingerprint density at radius 2 is 2.29 bits per heavy atom. The van der Waals surface area contributed by atoms with E-state index in [2.05, 4.69) is 15.3 Å². The fraction of sp³-hybridized carbons (Fsp3) is 0.429. The molecule has 0 saturated carbocycles. The fourth-order valence-electron chi connectivity index (χ4n) is 0.876. The molecule has 14 heavy (non-hydrogen) atoms. The molecule has 1 rings (SSSR count). The largest absolute Gasteiger partial charge is 0.369 e. The molecular formula is C7H12N4O2S. The van der Waals surface area contributed by atoms with E-state index in [0.29, 0.717) is 11.6 Å². The first-order valence-corrected chi connectivity index (χ1v) is 5.73. The van der Waals surface area contributed by atoms with E-state index in [1.807, 2.05) is 0 Å². The Hall–Kier alpha value is -1.21. The van der Waals surface area contributed by atoms with Gasteiger partial charge < -0.3 is 5.32 Å². The number of rotatable bonds is 4. The van der Waals surface area contributed by atoms with Crippen molar-refractivity contribution in [3.05, 3.63) is 18.1 Å². The molecule has 6 nitrogen and oxygen atoms in total. The topological polar surface area (TPSA) is 98.0 Å². The van der Waals surface area contributed by atoms with Crippen molar-refractivity contribution in [2.45, 2.75) is 6.92 Å². The first-order chi connectivity index (χ1) is 6.47. The highest BCUT2D eigenvalue weighted by Gasteiger charge is 2.01. The molecule has 1 heterocycles. The van der Waals surface area contributed by atoms with Crippen LogP contribution in [0.1, 0.15) is 5.82 Å². The van der Waals surface area contributed by atoms with Crippen molar-refractivity contribution >= 4 is 15.8 Å². The molecule has 0 spiro atoms. The van der Waals surface area contributed by atoms with E-state index < -0.39 is 10.0 Å². The summed E-state index contributed by atoms with van der Waals surface area (Å²) in [6.45, 7) is 2.00. The third kappa shape index (κ3) is 4.15. The Kier molecular flexibility index (Phi) is 3.37. The van der Waals surface area contributed by atoms with Gasteiger partial charge in [0, 0.05) is 12.7 Å². The van der Waals surface area contributed by atoms with Crippen LogP contribution in [-0.2, 0) is 10.0 Å². The highest BCUT2D eigenvalue weighted by atomic mass is 32.2. The third-order valence-corrected chi connectivity index (χ3v) is 2.24. The maximum absolute atomic E-state index is 10.6. The van der Waals surface area contributed by atoms with Crippen LogP contribution in [0.4, 0.5) is 5.82 Å². The molecular weight excluding hydrogens is 204 g/mol. The van der Waals surface area contributed by atoms with Crippen LogP contribution < -0.4 is 10.5 Å². The van der Waals surface area contributed by atoms with Crippen LogP contribution in [0.2, 0.25) is 0 Å². The van der Waals surface area contributed by atoms with Crippen LogP contribution in [0.5, 0.6) is 0 Å². The molecule has 3 N–H and O–H groups in total. The van der Waals surface area contributed by atoms with Gasteiger partial charge in [-0.1, -0.05) is 0 Å². The second-order valence-electron chi connectivity index (χ2n) is 2.78. The molecule has 0 bridgehead atoms. The maximum atomic E-state index is 10.6. The lowest BCUT2D eigenvalue weighted by Crippen LogP contribution is -2.22. The molecule has 0 aliphatic carbocycles. The van der Waals surface area contributed by atoms with E-state index in [1.54, 1.807) is 19.2 Å². The van der Waals surface area contributed by atoms with Gasteiger partial charge in [-0.25, -0.2) is 23.5 Å². The van der Waals surface area contributed by atoms with Crippen molar-refractivity contribution in [1.29, 1.82) is 0 Å². The summed E-state index contributed by atoms with van der Waals surface area (Å²) < 4.78 is 21.2. The molecule has 78 valence electrons. The zero-order valence-electron chi connectivity index (χ0n) is 7.77. The van der Waals surface area contributed by atoms with Gasteiger partial charge in [0.15, 0.2) is 0 Å². The minimum absolute atomic E-state index is 0.115. The van der Waals surface area contributed by atoms with E-state index in [4.69, 9.17) is 5.14 Å². The van der Waals surface area contributed by atoms with Crippen molar-refractivity contribution in [3.63, 3.8) is 0 Å².